The predicted octanol–water partition coefficient (Wildman–Crippen LogP) is 2.94. The number of nitrogens with two attached hydrogens (primary N) is 1. The Hall–Kier alpha value is -2.50. The van der Waals surface area contributed by atoms with Crippen molar-refractivity contribution in [2.45, 2.75) is 33.7 Å². The topological polar surface area (TPSA) is 97.6 Å². The van der Waals surface area contributed by atoms with E-state index in [1.165, 1.54) is 0 Å². The van der Waals surface area contributed by atoms with Gasteiger partial charge in [-0.05, 0) is 31.4 Å². The summed E-state index contributed by atoms with van der Waals surface area (Å²) in [5.74, 6) is 0.209. The molecule has 0 aromatic carbocycles. The van der Waals surface area contributed by atoms with Gasteiger partial charge >= 0.3 is 0 Å². The molecule has 2 aromatic rings. The van der Waals surface area contributed by atoms with E-state index in [1.807, 2.05) is 38.6 Å². The number of rotatable bonds is 5. The number of anilines is 1. The Morgan fingerprint density at radius 3 is 2.55 bits per heavy atom. The van der Waals surface area contributed by atoms with Crippen molar-refractivity contribution in [3.05, 3.63) is 29.7 Å². The molecule has 0 atom stereocenters. The molecule has 0 spiro atoms. The second-order valence-electron chi connectivity index (χ2n) is 5.84. The highest BCUT2D eigenvalue weighted by Crippen LogP contribution is 2.30. The Bertz CT molecular complexity index is 715. The number of aromatic nitrogens is 3. The summed E-state index contributed by atoms with van der Waals surface area (Å²) in [6.07, 6.45) is 4.28. The van der Waals surface area contributed by atoms with Crippen molar-refractivity contribution >= 4 is 17.8 Å². The summed E-state index contributed by atoms with van der Waals surface area (Å²) in [6.45, 7) is 7.92. The molecule has 0 radical (unpaired) electrons. The summed E-state index contributed by atoms with van der Waals surface area (Å²) in [5.41, 5.74) is 8.78. The Morgan fingerprint density at radius 2 is 2.05 bits per heavy atom. The molecule has 0 amide bonds. The van der Waals surface area contributed by atoms with Crippen LogP contribution in [0.2, 0.25) is 0 Å². The lowest BCUT2D eigenvalue weighted by molar-refractivity contribution is 0.111. The fraction of sp³-hybridized carbons (Fsp3) is 0.375. The maximum atomic E-state index is 11.1. The molecule has 3 N–H and O–H groups in total. The standard InChI is InChI=1S/C16H21N5O/c1-9(2)15(17)14-13(5-12(8-22)20-16(14)18)11-6-19-21(7-11)10(3)4/h5-10,17H,1-4H3,(H2,18,20). The fourth-order valence-electron chi connectivity index (χ4n) is 2.20. The quantitative estimate of drug-likeness (QED) is 0.655. The minimum absolute atomic E-state index is 0.00470. The average Bonchev–Trinajstić information content (AvgIpc) is 2.95. The van der Waals surface area contributed by atoms with Gasteiger partial charge in [-0.25, -0.2) is 4.98 Å². The van der Waals surface area contributed by atoms with Gasteiger partial charge in [0.15, 0.2) is 6.29 Å². The molecular weight excluding hydrogens is 278 g/mol. The van der Waals surface area contributed by atoms with Gasteiger partial charge in [-0.1, -0.05) is 13.8 Å². The van der Waals surface area contributed by atoms with Gasteiger partial charge in [0, 0.05) is 29.1 Å². The number of carbonyl (C=O) groups is 1. The summed E-state index contributed by atoms with van der Waals surface area (Å²) in [4.78, 5) is 15.1. The van der Waals surface area contributed by atoms with E-state index in [4.69, 9.17) is 11.1 Å². The maximum Gasteiger partial charge on any atom is 0.168 e. The second-order valence-corrected chi connectivity index (χ2v) is 5.84. The van der Waals surface area contributed by atoms with Crippen LogP contribution in [0.4, 0.5) is 5.82 Å². The minimum atomic E-state index is 0.00470. The molecule has 0 aliphatic rings. The Labute approximate surface area is 129 Å². The summed E-state index contributed by atoms with van der Waals surface area (Å²) in [5, 5.41) is 12.6. The van der Waals surface area contributed by atoms with E-state index >= 15 is 0 Å². The molecule has 0 saturated carbocycles. The van der Waals surface area contributed by atoms with Gasteiger partial charge in [0.2, 0.25) is 0 Å². The Balaban J connectivity index is 2.67. The number of nitrogen functional groups attached to an aromatic ring is 1. The first-order chi connectivity index (χ1) is 10.3. The first-order valence-corrected chi connectivity index (χ1v) is 7.24. The average molecular weight is 299 g/mol. The third kappa shape index (κ3) is 2.90. The van der Waals surface area contributed by atoms with Crippen LogP contribution in [0, 0.1) is 11.3 Å². The summed E-state index contributed by atoms with van der Waals surface area (Å²) < 4.78 is 1.83. The molecule has 2 rings (SSSR count). The first-order valence-electron chi connectivity index (χ1n) is 7.24. The smallest absolute Gasteiger partial charge is 0.168 e. The Kier molecular flexibility index (Phi) is 4.40. The number of hydrogen-bond donors (Lipinski definition) is 2. The molecule has 22 heavy (non-hydrogen) atoms. The summed E-state index contributed by atoms with van der Waals surface area (Å²) in [7, 11) is 0. The van der Waals surface area contributed by atoms with Crippen LogP contribution in [-0.2, 0) is 0 Å². The zero-order chi connectivity index (χ0) is 16.4. The SMILES string of the molecule is CC(C)C(=N)c1c(-c2cnn(C(C)C)c2)cc(C=O)nc1N. The zero-order valence-electron chi connectivity index (χ0n) is 13.3. The van der Waals surface area contributed by atoms with Gasteiger partial charge < -0.3 is 11.1 Å². The molecule has 6 heteroatoms. The lowest BCUT2D eigenvalue weighted by atomic mass is 9.93. The van der Waals surface area contributed by atoms with Gasteiger partial charge in [-0.3, -0.25) is 9.48 Å². The van der Waals surface area contributed by atoms with Crippen LogP contribution >= 0.6 is 0 Å². The van der Waals surface area contributed by atoms with E-state index in [-0.39, 0.29) is 23.5 Å². The van der Waals surface area contributed by atoms with Gasteiger partial charge in [-0.15, -0.1) is 0 Å². The van der Waals surface area contributed by atoms with Gasteiger partial charge in [-0.2, -0.15) is 5.10 Å². The molecular formula is C16H21N5O. The minimum Gasteiger partial charge on any atom is -0.383 e. The van der Waals surface area contributed by atoms with Crippen LogP contribution in [0.15, 0.2) is 18.5 Å². The van der Waals surface area contributed by atoms with Crippen LogP contribution in [0.1, 0.15) is 49.8 Å². The summed E-state index contributed by atoms with van der Waals surface area (Å²) in [6, 6.07) is 1.89. The summed E-state index contributed by atoms with van der Waals surface area (Å²) >= 11 is 0. The molecule has 116 valence electrons. The predicted molar refractivity (Wildman–Crippen MR) is 87.3 cm³/mol. The highest BCUT2D eigenvalue weighted by atomic mass is 16.1. The normalized spacial score (nSPS) is 11.2. The second kappa shape index (κ2) is 6.09. The van der Waals surface area contributed by atoms with Crippen molar-refractivity contribution in [2.75, 3.05) is 5.73 Å². The van der Waals surface area contributed by atoms with Crippen LogP contribution < -0.4 is 5.73 Å². The molecule has 0 bridgehead atoms. The molecule has 0 fully saturated rings. The molecule has 0 aliphatic heterocycles. The fourth-order valence-corrected chi connectivity index (χ4v) is 2.20. The van der Waals surface area contributed by atoms with Crippen LogP contribution in [0.25, 0.3) is 11.1 Å². The number of nitrogens with one attached hydrogen (secondary N) is 1. The van der Waals surface area contributed by atoms with E-state index in [9.17, 15) is 4.79 Å². The lowest BCUT2D eigenvalue weighted by Gasteiger charge is -2.15. The van der Waals surface area contributed by atoms with E-state index in [2.05, 4.69) is 10.1 Å². The van der Waals surface area contributed by atoms with E-state index < -0.39 is 0 Å². The number of hydrogen-bond acceptors (Lipinski definition) is 5. The Morgan fingerprint density at radius 1 is 1.36 bits per heavy atom. The molecule has 2 heterocycles. The van der Waals surface area contributed by atoms with Crippen molar-refractivity contribution in [3.8, 4) is 11.1 Å². The van der Waals surface area contributed by atoms with Gasteiger partial charge in [0.1, 0.15) is 11.5 Å². The van der Waals surface area contributed by atoms with Gasteiger partial charge in [0.25, 0.3) is 0 Å². The van der Waals surface area contributed by atoms with E-state index in [0.29, 0.717) is 17.6 Å². The van der Waals surface area contributed by atoms with Crippen molar-refractivity contribution in [2.24, 2.45) is 5.92 Å². The molecule has 0 unspecified atom stereocenters. The van der Waals surface area contributed by atoms with E-state index in [0.717, 1.165) is 11.1 Å². The number of nitrogens with zero attached hydrogens (tertiary/aromatic N) is 3. The molecule has 2 aromatic heterocycles. The van der Waals surface area contributed by atoms with Gasteiger partial charge in [0.05, 0.1) is 6.20 Å². The number of carbonyl (C=O) groups excluding carboxylic acids is 1. The van der Waals surface area contributed by atoms with Crippen molar-refractivity contribution in [3.63, 3.8) is 0 Å². The maximum absolute atomic E-state index is 11.1. The van der Waals surface area contributed by atoms with Crippen molar-refractivity contribution in [1.82, 2.24) is 14.8 Å². The van der Waals surface area contributed by atoms with Crippen LogP contribution in [0.3, 0.4) is 0 Å². The lowest BCUT2D eigenvalue weighted by Crippen LogP contribution is -2.14. The third-order valence-corrected chi connectivity index (χ3v) is 3.48. The molecule has 6 nitrogen and oxygen atoms in total. The number of pyridine rings is 1. The molecule has 0 saturated heterocycles. The van der Waals surface area contributed by atoms with E-state index in [1.54, 1.807) is 12.3 Å². The van der Waals surface area contributed by atoms with Crippen LogP contribution in [-0.4, -0.2) is 26.8 Å². The monoisotopic (exact) mass is 299 g/mol. The highest BCUT2D eigenvalue weighted by Gasteiger charge is 2.19. The first kappa shape index (κ1) is 15.9. The van der Waals surface area contributed by atoms with Crippen molar-refractivity contribution in [1.29, 1.82) is 5.41 Å². The largest absolute Gasteiger partial charge is 0.383 e. The van der Waals surface area contributed by atoms with Crippen LogP contribution in [0.5, 0.6) is 0 Å². The highest BCUT2D eigenvalue weighted by molar-refractivity contribution is 6.09. The third-order valence-electron chi connectivity index (χ3n) is 3.48. The zero-order valence-corrected chi connectivity index (χ0v) is 13.3. The van der Waals surface area contributed by atoms with Crippen molar-refractivity contribution < 1.29 is 4.79 Å². The molecule has 0 aliphatic carbocycles. The number of aldehydes is 1.